The van der Waals surface area contributed by atoms with Crippen LogP contribution in [0.5, 0.6) is 11.5 Å². The molecule has 0 saturated heterocycles. The lowest BCUT2D eigenvalue weighted by Crippen LogP contribution is -2.35. The molecule has 0 spiro atoms. The number of sulfonamides is 1. The van der Waals surface area contributed by atoms with E-state index in [9.17, 15) is 18.0 Å². The molecule has 0 aromatic heterocycles. The molecule has 0 aliphatic carbocycles. The van der Waals surface area contributed by atoms with Gasteiger partial charge < -0.3 is 14.8 Å². The monoisotopic (exact) mass is 517 g/mol. The number of methoxy groups -OCH3 is 2. The molecule has 0 unspecified atom stereocenters. The van der Waals surface area contributed by atoms with E-state index in [1.54, 1.807) is 24.3 Å². The Morgan fingerprint density at radius 2 is 1.65 bits per heavy atom. The van der Waals surface area contributed by atoms with Crippen molar-refractivity contribution in [1.29, 1.82) is 0 Å². The van der Waals surface area contributed by atoms with Gasteiger partial charge in [-0.2, -0.15) is 0 Å². The number of ether oxygens (including phenoxy) is 2. The molecule has 2 amide bonds. The Hall–Kier alpha value is -4.57. The first kappa shape index (κ1) is 24.1. The highest BCUT2D eigenvalue weighted by molar-refractivity contribution is 7.92. The van der Waals surface area contributed by atoms with Gasteiger partial charge in [-0.05, 0) is 53.9 Å². The number of anilines is 3. The normalized spacial score (nSPS) is 12.5. The van der Waals surface area contributed by atoms with Gasteiger partial charge in [0.05, 0.1) is 30.5 Å². The van der Waals surface area contributed by atoms with Crippen molar-refractivity contribution in [3.63, 3.8) is 0 Å². The van der Waals surface area contributed by atoms with E-state index in [-0.39, 0.29) is 23.0 Å². The molecule has 0 saturated carbocycles. The van der Waals surface area contributed by atoms with E-state index in [0.29, 0.717) is 28.4 Å². The predicted molar refractivity (Wildman–Crippen MR) is 141 cm³/mol. The van der Waals surface area contributed by atoms with Crippen molar-refractivity contribution in [2.75, 3.05) is 35.7 Å². The van der Waals surface area contributed by atoms with E-state index in [1.807, 2.05) is 30.3 Å². The first-order chi connectivity index (χ1) is 17.8. The van der Waals surface area contributed by atoms with Crippen molar-refractivity contribution in [2.24, 2.45) is 0 Å². The van der Waals surface area contributed by atoms with Crippen LogP contribution in [0.4, 0.5) is 17.1 Å². The van der Waals surface area contributed by atoms with Gasteiger partial charge in [0.1, 0.15) is 18.0 Å². The molecule has 1 heterocycles. The van der Waals surface area contributed by atoms with Gasteiger partial charge in [-0.1, -0.05) is 24.3 Å². The average Bonchev–Trinajstić information content (AvgIpc) is 3.17. The number of hydrogen-bond acceptors (Lipinski definition) is 6. The molecule has 4 aromatic carbocycles. The number of hydrogen-bond donors (Lipinski definition) is 2. The molecule has 37 heavy (non-hydrogen) atoms. The molecule has 0 atom stereocenters. The highest BCUT2D eigenvalue weighted by atomic mass is 32.2. The first-order valence-corrected chi connectivity index (χ1v) is 12.8. The highest BCUT2D eigenvalue weighted by Crippen LogP contribution is 2.37. The Morgan fingerprint density at radius 1 is 0.919 bits per heavy atom. The van der Waals surface area contributed by atoms with Crippen molar-refractivity contribution < 1.29 is 27.5 Å². The molecule has 1 aliphatic heterocycles. The molecule has 4 aromatic rings. The lowest BCUT2D eigenvalue weighted by molar-refractivity contribution is -0.114. The molecule has 0 radical (unpaired) electrons. The molecule has 0 fully saturated rings. The Labute approximate surface area is 213 Å². The van der Waals surface area contributed by atoms with Gasteiger partial charge >= 0.3 is 0 Å². The minimum atomic E-state index is -3.93. The average molecular weight is 518 g/mol. The summed E-state index contributed by atoms with van der Waals surface area (Å²) in [7, 11) is -0.995. The van der Waals surface area contributed by atoms with E-state index in [1.165, 1.54) is 43.4 Å². The third-order valence-corrected chi connectivity index (χ3v) is 7.43. The minimum Gasteiger partial charge on any atom is -0.497 e. The van der Waals surface area contributed by atoms with Gasteiger partial charge in [-0.15, -0.1) is 0 Å². The molecule has 10 heteroatoms. The van der Waals surface area contributed by atoms with Crippen molar-refractivity contribution in [3.8, 4) is 11.5 Å². The molecular formula is C27H23N3O6S. The van der Waals surface area contributed by atoms with Crippen molar-refractivity contribution in [2.45, 2.75) is 4.90 Å². The van der Waals surface area contributed by atoms with Crippen LogP contribution in [0, 0.1) is 0 Å². The third-order valence-electron chi connectivity index (χ3n) is 6.05. The largest absolute Gasteiger partial charge is 0.497 e. The Morgan fingerprint density at radius 3 is 2.35 bits per heavy atom. The molecule has 2 N–H and O–H groups in total. The van der Waals surface area contributed by atoms with Crippen molar-refractivity contribution in [3.05, 3.63) is 84.4 Å². The SMILES string of the molecule is COc1ccc(NS(=O)(=O)c2ccc(NC(=O)CN3C(=O)c4cccc5cccc3c45)cc2)c(OC)c1. The standard InChI is InChI=1S/C27H23N3O6S/c1-35-19-11-14-22(24(15-19)36-2)29-37(33,34)20-12-9-18(10-13-20)28-25(31)16-30-23-8-4-6-17-5-3-7-21(26(17)23)27(30)32/h3-15,29H,16H2,1-2H3,(H,28,31). The van der Waals surface area contributed by atoms with Crippen molar-refractivity contribution in [1.82, 2.24) is 0 Å². The second kappa shape index (κ2) is 9.47. The summed E-state index contributed by atoms with van der Waals surface area (Å²) in [6.45, 7) is -0.175. The number of nitrogens with one attached hydrogen (secondary N) is 2. The van der Waals surface area contributed by atoms with Crippen LogP contribution in [0.3, 0.4) is 0 Å². The zero-order valence-electron chi connectivity index (χ0n) is 20.0. The summed E-state index contributed by atoms with van der Waals surface area (Å²) in [6, 6.07) is 21.5. The number of nitrogens with zero attached hydrogens (tertiary/aromatic N) is 1. The predicted octanol–water partition coefficient (Wildman–Crippen LogP) is 4.26. The smallest absolute Gasteiger partial charge is 0.262 e. The van der Waals surface area contributed by atoms with Gasteiger partial charge in [0, 0.05) is 22.7 Å². The first-order valence-electron chi connectivity index (χ1n) is 11.3. The summed E-state index contributed by atoms with van der Waals surface area (Å²) in [5.41, 5.74) is 1.91. The Balaban J connectivity index is 1.28. The summed E-state index contributed by atoms with van der Waals surface area (Å²) in [6.07, 6.45) is 0. The van der Waals surface area contributed by atoms with E-state index in [4.69, 9.17) is 9.47 Å². The summed E-state index contributed by atoms with van der Waals surface area (Å²) < 4.78 is 38.7. The van der Waals surface area contributed by atoms with Gasteiger partial charge in [0.15, 0.2) is 0 Å². The number of amides is 2. The summed E-state index contributed by atoms with van der Waals surface area (Å²) >= 11 is 0. The maximum absolute atomic E-state index is 12.9. The van der Waals surface area contributed by atoms with Gasteiger partial charge in [0.2, 0.25) is 5.91 Å². The zero-order valence-corrected chi connectivity index (χ0v) is 20.8. The molecular weight excluding hydrogens is 494 g/mol. The Bertz CT molecular complexity index is 1630. The van der Waals surface area contributed by atoms with E-state index in [2.05, 4.69) is 10.0 Å². The van der Waals surface area contributed by atoms with Crippen LogP contribution in [0.1, 0.15) is 10.4 Å². The fourth-order valence-electron chi connectivity index (χ4n) is 4.28. The Kier molecular flexibility index (Phi) is 6.18. The maximum Gasteiger partial charge on any atom is 0.262 e. The minimum absolute atomic E-state index is 0.000202. The van der Waals surface area contributed by atoms with Gasteiger partial charge in [-0.3, -0.25) is 19.2 Å². The van der Waals surface area contributed by atoms with Gasteiger partial charge in [0.25, 0.3) is 15.9 Å². The number of carbonyl (C=O) groups is 2. The number of carbonyl (C=O) groups excluding carboxylic acids is 2. The lowest BCUT2D eigenvalue weighted by atomic mass is 10.1. The fraction of sp³-hybridized carbons (Fsp3) is 0.111. The van der Waals surface area contributed by atoms with Crippen LogP contribution < -0.4 is 24.4 Å². The molecule has 188 valence electrons. The number of rotatable bonds is 8. The van der Waals surface area contributed by atoms with Crippen LogP contribution in [-0.2, 0) is 14.8 Å². The lowest BCUT2D eigenvalue weighted by Gasteiger charge is -2.17. The van der Waals surface area contributed by atoms with Gasteiger partial charge in [-0.25, -0.2) is 8.42 Å². The molecule has 0 bridgehead atoms. The van der Waals surface area contributed by atoms with Crippen LogP contribution in [0.25, 0.3) is 10.8 Å². The highest BCUT2D eigenvalue weighted by Gasteiger charge is 2.30. The van der Waals surface area contributed by atoms with Crippen molar-refractivity contribution >= 4 is 49.7 Å². The quantitative estimate of drug-likeness (QED) is 0.361. The second-order valence-electron chi connectivity index (χ2n) is 8.32. The van der Waals surface area contributed by atoms with Crippen LogP contribution >= 0.6 is 0 Å². The van der Waals surface area contributed by atoms with Crippen LogP contribution in [0.2, 0.25) is 0 Å². The second-order valence-corrected chi connectivity index (χ2v) is 10.00. The summed E-state index contributed by atoms with van der Waals surface area (Å²) in [5, 5.41) is 4.49. The molecule has 9 nitrogen and oxygen atoms in total. The van der Waals surface area contributed by atoms with Crippen LogP contribution in [0.15, 0.2) is 83.8 Å². The maximum atomic E-state index is 12.9. The zero-order chi connectivity index (χ0) is 26.2. The fourth-order valence-corrected chi connectivity index (χ4v) is 5.35. The van der Waals surface area contributed by atoms with E-state index < -0.39 is 15.9 Å². The van der Waals surface area contributed by atoms with E-state index >= 15 is 0 Å². The topological polar surface area (TPSA) is 114 Å². The molecule has 1 aliphatic rings. The van der Waals surface area contributed by atoms with Crippen LogP contribution in [-0.4, -0.2) is 41.0 Å². The third kappa shape index (κ3) is 4.54. The molecule has 5 rings (SSSR count). The summed E-state index contributed by atoms with van der Waals surface area (Å²) in [4.78, 5) is 27.1. The number of benzene rings is 4. The van der Waals surface area contributed by atoms with E-state index in [0.717, 1.165) is 10.8 Å². The summed E-state index contributed by atoms with van der Waals surface area (Å²) in [5.74, 6) is 0.190.